The molecule has 160 valence electrons. The molecular formula is C22H34N4O3. The summed E-state index contributed by atoms with van der Waals surface area (Å²) in [4.78, 5) is 28.9. The van der Waals surface area contributed by atoms with Gasteiger partial charge in [-0.15, -0.1) is 0 Å². The molecule has 1 heterocycles. The summed E-state index contributed by atoms with van der Waals surface area (Å²) in [5, 5.41) is 3.01. The number of hydrogen-bond acceptors (Lipinski definition) is 5. The second-order valence-electron chi connectivity index (χ2n) is 9.32. The Kier molecular flexibility index (Phi) is 6.93. The highest BCUT2D eigenvalue weighted by atomic mass is 16.5. The fraction of sp³-hybridized carbons (Fsp3) is 0.636. The van der Waals surface area contributed by atoms with Crippen molar-refractivity contribution in [3.05, 3.63) is 24.3 Å². The Morgan fingerprint density at radius 2 is 2.00 bits per heavy atom. The average molecular weight is 403 g/mol. The molecule has 7 heteroatoms. The van der Waals surface area contributed by atoms with E-state index >= 15 is 0 Å². The van der Waals surface area contributed by atoms with Crippen LogP contribution in [-0.4, -0.2) is 62.1 Å². The average Bonchev–Trinajstić information content (AvgIpc) is 3.46. The molecule has 1 atom stereocenters. The van der Waals surface area contributed by atoms with E-state index in [0.29, 0.717) is 24.8 Å². The van der Waals surface area contributed by atoms with Crippen LogP contribution in [0.1, 0.15) is 33.6 Å². The molecule has 0 bridgehead atoms. The van der Waals surface area contributed by atoms with Crippen LogP contribution in [0, 0.1) is 11.3 Å². The second-order valence-corrected chi connectivity index (χ2v) is 9.32. The molecule has 0 aromatic heterocycles. The molecule has 0 spiro atoms. The van der Waals surface area contributed by atoms with Crippen LogP contribution < -0.4 is 16.0 Å². The van der Waals surface area contributed by atoms with Gasteiger partial charge in [-0.1, -0.05) is 20.8 Å². The van der Waals surface area contributed by atoms with Gasteiger partial charge in [0, 0.05) is 37.6 Å². The topological polar surface area (TPSA) is 87.9 Å². The van der Waals surface area contributed by atoms with Crippen molar-refractivity contribution in [1.29, 1.82) is 0 Å². The van der Waals surface area contributed by atoms with E-state index in [1.165, 1.54) is 12.8 Å². The number of ether oxygens (including phenoxy) is 1. The van der Waals surface area contributed by atoms with Crippen LogP contribution in [0.4, 0.5) is 11.4 Å². The first-order valence-electron chi connectivity index (χ1n) is 10.5. The summed E-state index contributed by atoms with van der Waals surface area (Å²) >= 11 is 0. The van der Waals surface area contributed by atoms with E-state index < -0.39 is 0 Å². The maximum atomic E-state index is 13.0. The van der Waals surface area contributed by atoms with Crippen molar-refractivity contribution in [2.75, 3.05) is 49.6 Å². The van der Waals surface area contributed by atoms with E-state index in [2.05, 4.69) is 31.0 Å². The zero-order valence-corrected chi connectivity index (χ0v) is 17.8. The maximum absolute atomic E-state index is 13.0. The van der Waals surface area contributed by atoms with Gasteiger partial charge in [-0.3, -0.25) is 14.5 Å². The number of nitrogens with one attached hydrogen (secondary N) is 1. The summed E-state index contributed by atoms with van der Waals surface area (Å²) < 4.78 is 5.17. The fourth-order valence-electron chi connectivity index (χ4n) is 3.71. The summed E-state index contributed by atoms with van der Waals surface area (Å²) in [7, 11) is 0. The van der Waals surface area contributed by atoms with Crippen LogP contribution in [0.5, 0.6) is 0 Å². The third-order valence-electron chi connectivity index (χ3n) is 5.27. The molecule has 1 aromatic rings. The zero-order chi connectivity index (χ0) is 21.0. The molecule has 2 aliphatic rings. The molecule has 1 aliphatic heterocycles. The number of carbonyl (C=O) groups is 2. The third kappa shape index (κ3) is 6.26. The number of morpholine rings is 1. The molecule has 1 saturated carbocycles. The number of anilines is 2. The Balaban J connectivity index is 1.65. The fourth-order valence-corrected chi connectivity index (χ4v) is 3.71. The standard InChI is InChI=1S/C22H34N4O3/c1-22(2,3)15-25(13-16-4-5-16)19(12-23)21(28)24-17-6-8-18(9-7-17)26-10-11-29-14-20(26)27/h6-9,16,19H,4-5,10-15,23H2,1-3H3,(H,24,28)/t19-/m0/s1. The normalized spacial score (nSPS) is 18.8. The lowest BCUT2D eigenvalue weighted by atomic mass is 9.95. The predicted molar refractivity (Wildman–Crippen MR) is 115 cm³/mol. The van der Waals surface area contributed by atoms with E-state index in [1.54, 1.807) is 4.90 Å². The summed E-state index contributed by atoms with van der Waals surface area (Å²) in [6.45, 7) is 9.78. The SMILES string of the molecule is CC(C)(C)CN(CC1CC1)[C@@H](CN)C(=O)Nc1ccc(N2CCOCC2=O)cc1. The number of nitrogens with two attached hydrogens (primary N) is 1. The van der Waals surface area contributed by atoms with Crippen molar-refractivity contribution in [2.45, 2.75) is 39.7 Å². The largest absolute Gasteiger partial charge is 0.370 e. The molecule has 2 fully saturated rings. The summed E-state index contributed by atoms with van der Waals surface area (Å²) in [6, 6.07) is 7.02. The van der Waals surface area contributed by atoms with Gasteiger partial charge in [-0.2, -0.15) is 0 Å². The van der Waals surface area contributed by atoms with Gasteiger partial charge in [-0.25, -0.2) is 0 Å². The molecule has 0 radical (unpaired) electrons. The first-order valence-corrected chi connectivity index (χ1v) is 10.5. The minimum Gasteiger partial charge on any atom is -0.370 e. The van der Waals surface area contributed by atoms with Gasteiger partial charge in [0.05, 0.1) is 6.61 Å². The van der Waals surface area contributed by atoms with Gasteiger partial charge in [0.2, 0.25) is 5.91 Å². The molecule has 1 aliphatic carbocycles. The molecule has 1 aromatic carbocycles. The number of carbonyl (C=O) groups excluding carboxylic acids is 2. The highest BCUT2D eigenvalue weighted by Gasteiger charge is 2.33. The summed E-state index contributed by atoms with van der Waals surface area (Å²) in [5.74, 6) is 0.561. The first-order chi connectivity index (χ1) is 13.8. The third-order valence-corrected chi connectivity index (χ3v) is 5.27. The Morgan fingerprint density at radius 1 is 1.31 bits per heavy atom. The minimum atomic E-state index is -0.352. The lowest BCUT2D eigenvalue weighted by molar-refractivity contribution is -0.125. The van der Waals surface area contributed by atoms with Crippen molar-refractivity contribution in [1.82, 2.24) is 4.90 Å². The van der Waals surface area contributed by atoms with Crippen LogP contribution in [0.15, 0.2) is 24.3 Å². The molecule has 7 nitrogen and oxygen atoms in total. The monoisotopic (exact) mass is 402 g/mol. The maximum Gasteiger partial charge on any atom is 0.253 e. The van der Waals surface area contributed by atoms with E-state index in [4.69, 9.17) is 10.5 Å². The van der Waals surface area contributed by atoms with E-state index in [1.807, 2.05) is 24.3 Å². The van der Waals surface area contributed by atoms with Crippen LogP contribution >= 0.6 is 0 Å². The molecule has 0 unspecified atom stereocenters. The van der Waals surface area contributed by atoms with E-state index in [9.17, 15) is 9.59 Å². The van der Waals surface area contributed by atoms with Crippen LogP contribution in [0.2, 0.25) is 0 Å². The van der Waals surface area contributed by atoms with Gasteiger partial charge in [-0.05, 0) is 48.4 Å². The molecule has 2 amide bonds. The minimum absolute atomic E-state index is 0.0471. The summed E-state index contributed by atoms with van der Waals surface area (Å²) in [6.07, 6.45) is 2.47. The highest BCUT2D eigenvalue weighted by Crippen LogP contribution is 2.31. The second kappa shape index (κ2) is 9.24. The van der Waals surface area contributed by atoms with Crippen molar-refractivity contribution >= 4 is 23.2 Å². The number of nitrogens with zero attached hydrogens (tertiary/aromatic N) is 2. The van der Waals surface area contributed by atoms with Crippen molar-refractivity contribution in [3.8, 4) is 0 Å². The molecular weight excluding hydrogens is 368 g/mol. The van der Waals surface area contributed by atoms with Gasteiger partial charge < -0.3 is 20.7 Å². The van der Waals surface area contributed by atoms with Crippen LogP contribution in [0.3, 0.4) is 0 Å². The van der Waals surface area contributed by atoms with Gasteiger partial charge in [0.25, 0.3) is 5.91 Å². The smallest absolute Gasteiger partial charge is 0.253 e. The highest BCUT2D eigenvalue weighted by molar-refractivity contribution is 5.97. The first kappa shape index (κ1) is 21.7. The predicted octanol–water partition coefficient (Wildman–Crippen LogP) is 2.07. The van der Waals surface area contributed by atoms with E-state index in [0.717, 1.165) is 18.8 Å². The number of rotatable bonds is 8. The van der Waals surface area contributed by atoms with Gasteiger partial charge >= 0.3 is 0 Å². The molecule has 1 saturated heterocycles. The summed E-state index contributed by atoms with van der Waals surface area (Å²) in [5.41, 5.74) is 7.64. The van der Waals surface area contributed by atoms with Crippen molar-refractivity contribution in [3.63, 3.8) is 0 Å². The Labute approximate surface area is 173 Å². The van der Waals surface area contributed by atoms with Gasteiger partial charge in [0.15, 0.2) is 0 Å². The molecule has 3 N–H and O–H groups in total. The van der Waals surface area contributed by atoms with Crippen molar-refractivity contribution < 1.29 is 14.3 Å². The number of hydrogen-bond donors (Lipinski definition) is 2. The lowest BCUT2D eigenvalue weighted by Gasteiger charge is -2.35. The lowest BCUT2D eigenvalue weighted by Crippen LogP contribution is -2.51. The van der Waals surface area contributed by atoms with E-state index in [-0.39, 0.29) is 36.4 Å². The zero-order valence-electron chi connectivity index (χ0n) is 17.8. The Morgan fingerprint density at radius 3 is 2.55 bits per heavy atom. The number of amides is 2. The van der Waals surface area contributed by atoms with Gasteiger partial charge in [0.1, 0.15) is 12.6 Å². The van der Waals surface area contributed by atoms with Crippen LogP contribution in [-0.2, 0) is 14.3 Å². The quantitative estimate of drug-likeness (QED) is 0.695. The Bertz CT molecular complexity index is 710. The molecule has 29 heavy (non-hydrogen) atoms. The Hall–Kier alpha value is -1.96. The van der Waals surface area contributed by atoms with Crippen LogP contribution in [0.25, 0.3) is 0 Å². The number of benzene rings is 1. The van der Waals surface area contributed by atoms with Crippen molar-refractivity contribution in [2.24, 2.45) is 17.1 Å². The molecule has 3 rings (SSSR count).